The lowest BCUT2D eigenvalue weighted by Gasteiger charge is -2.13. The zero-order chi connectivity index (χ0) is 20.1. The van der Waals surface area contributed by atoms with E-state index in [-0.39, 0.29) is 17.7 Å². The summed E-state index contributed by atoms with van der Waals surface area (Å²) >= 11 is 0. The number of nitrogens with zero attached hydrogens (tertiary/aromatic N) is 2. The number of hydrogen-bond donors (Lipinski definition) is 1. The largest absolute Gasteiger partial charge is 0.494 e. The SMILES string of the molecule is CCOc1ccc(C(=O)Nc2c(C)nc(Oc3ccccc3F)nc2C)cc1. The van der Waals surface area contributed by atoms with Crippen molar-refractivity contribution in [2.75, 3.05) is 11.9 Å². The first-order valence-electron chi connectivity index (χ1n) is 8.79. The molecule has 0 spiro atoms. The zero-order valence-electron chi connectivity index (χ0n) is 15.8. The van der Waals surface area contributed by atoms with Crippen molar-refractivity contribution in [3.05, 3.63) is 71.3 Å². The number of nitrogens with one attached hydrogen (secondary N) is 1. The predicted octanol–water partition coefficient (Wildman–Crippen LogP) is 4.68. The van der Waals surface area contributed by atoms with E-state index in [1.54, 1.807) is 50.2 Å². The summed E-state index contributed by atoms with van der Waals surface area (Å²) in [5.41, 5.74) is 1.99. The Balaban J connectivity index is 1.77. The Hall–Kier alpha value is -3.48. The Morgan fingerprint density at radius 3 is 2.29 bits per heavy atom. The van der Waals surface area contributed by atoms with Crippen LogP contribution in [0.3, 0.4) is 0 Å². The number of halogens is 1. The van der Waals surface area contributed by atoms with Crippen LogP contribution in [-0.2, 0) is 0 Å². The van der Waals surface area contributed by atoms with E-state index < -0.39 is 5.82 Å². The number of anilines is 1. The minimum absolute atomic E-state index is 0.0131. The van der Waals surface area contributed by atoms with Crippen LogP contribution in [0.15, 0.2) is 48.5 Å². The van der Waals surface area contributed by atoms with Crippen molar-refractivity contribution in [2.45, 2.75) is 20.8 Å². The fraction of sp³-hybridized carbons (Fsp3) is 0.190. The highest BCUT2D eigenvalue weighted by atomic mass is 19.1. The summed E-state index contributed by atoms with van der Waals surface area (Å²) in [7, 11) is 0. The summed E-state index contributed by atoms with van der Waals surface area (Å²) < 4.78 is 24.5. The average molecular weight is 381 g/mol. The molecule has 0 aliphatic carbocycles. The molecular weight excluding hydrogens is 361 g/mol. The quantitative estimate of drug-likeness (QED) is 0.671. The van der Waals surface area contributed by atoms with Crippen LogP contribution in [0.25, 0.3) is 0 Å². The van der Waals surface area contributed by atoms with E-state index in [9.17, 15) is 9.18 Å². The second kappa shape index (κ2) is 8.47. The molecule has 28 heavy (non-hydrogen) atoms. The number of benzene rings is 2. The highest BCUT2D eigenvalue weighted by Crippen LogP contribution is 2.25. The van der Waals surface area contributed by atoms with Crippen molar-refractivity contribution in [3.8, 4) is 17.5 Å². The van der Waals surface area contributed by atoms with Gasteiger partial charge in [-0.15, -0.1) is 0 Å². The van der Waals surface area contributed by atoms with Crippen molar-refractivity contribution >= 4 is 11.6 Å². The summed E-state index contributed by atoms with van der Waals surface area (Å²) in [6.45, 7) is 5.89. The van der Waals surface area contributed by atoms with Crippen molar-refractivity contribution in [1.29, 1.82) is 0 Å². The lowest BCUT2D eigenvalue weighted by atomic mass is 10.2. The van der Waals surface area contributed by atoms with Crippen LogP contribution >= 0.6 is 0 Å². The lowest BCUT2D eigenvalue weighted by Crippen LogP contribution is -2.15. The molecule has 7 heteroatoms. The molecule has 0 aliphatic heterocycles. The minimum Gasteiger partial charge on any atom is -0.494 e. The van der Waals surface area contributed by atoms with Gasteiger partial charge in [-0.1, -0.05) is 12.1 Å². The summed E-state index contributed by atoms with van der Waals surface area (Å²) in [6.07, 6.45) is 0. The van der Waals surface area contributed by atoms with Crippen LogP contribution in [0.1, 0.15) is 28.7 Å². The van der Waals surface area contributed by atoms with Crippen LogP contribution in [0, 0.1) is 19.7 Å². The third kappa shape index (κ3) is 4.43. The Kier molecular flexibility index (Phi) is 5.84. The van der Waals surface area contributed by atoms with Gasteiger partial charge < -0.3 is 14.8 Å². The summed E-state index contributed by atoms with van der Waals surface area (Å²) in [5.74, 6) is -0.0632. The minimum atomic E-state index is -0.505. The fourth-order valence-corrected chi connectivity index (χ4v) is 2.59. The molecule has 0 bridgehead atoms. The molecule has 0 saturated heterocycles. The second-order valence-corrected chi connectivity index (χ2v) is 6.00. The van der Waals surface area contributed by atoms with Crippen molar-refractivity contribution in [1.82, 2.24) is 9.97 Å². The van der Waals surface area contributed by atoms with E-state index in [0.717, 1.165) is 0 Å². The predicted molar refractivity (Wildman–Crippen MR) is 104 cm³/mol. The van der Waals surface area contributed by atoms with Gasteiger partial charge in [-0.25, -0.2) is 4.39 Å². The molecule has 3 rings (SSSR count). The molecule has 0 radical (unpaired) electrons. The van der Waals surface area contributed by atoms with Crippen molar-refractivity contribution in [3.63, 3.8) is 0 Å². The molecule has 1 N–H and O–H groups in total. The van der Waals surface area contributed by atoms with Crippen LogP contribution < -0.4 is 14.8 Å². The third-order valence-electron chi connectivity index (χ3n) is 3.95. The van der Waals surface area contributed by atoms with Gasteiger partial charge in [-0.3, -0.25) is 4.79 Å². The van der Waals surface area contributed by atoms with Gasteiger partial charge in [-0.2, -0.15) is 9.97 Å². The van der Waals surface area contributed by atoms with E-state index in [1.807, 2.05) is 6.92 Å². The van der Waals surface area contributed by atoms with Gasteiger partial charge >= 0.3 is 6.01 Å². The first-order valence-corrected chi connectivity index (χ1v) is 8.79. The first kappa shape index (κ1) is 19.3. The van der Waals surface area contributed by atoms with E-state index in [1.165, 1.54) is 12.1 Å². The fourth-order valence-electron chi connectivity index (χ4n) is 2.59. The molecule has 0 fully saturated rings. The van der Waals surface area contributed by atoms with Gasteiger partial charge in [-0.05, 0) is 57.2 Å². The molecule has 1 heterocycles. The lowest BCUT2D eigenvalue weighted by molar-refractivity contribution is 0.102. The number of hydrogen-bond acceptors (Lipinski definition) is 5. The van der Waals surface area contributed by atoms with Crippen molar-refractivity contribution < 1.29 is 18.7 Å². The molecular formula is C21H20FN3O3. The maximum atomic E-state index is 13.7. The standard InChI is InChI=1S/C21H20FN3O3/c1-4-27-16-11-9-15(10-12-16)20(26)25-19-13(2)23-21(24-14(19)3)28-18-8-6-5-7-17(18)22/h5-12H,4H2,1-3H3,(H,25,26). The maximum absolute atomic E-state index is 13.7. The second-order valence-electron chi connectivity index (χ2n) is 6.00. The Labute approximate surface area is 162 Å². The molecule has 0 atom stereocenters. The van der Waals surface area contributed by atoms with E-state index >= 15 is 0 Å². The van der Waals surface area contributed by atoms with Crippen LogP contribution in [0.2, 0.25) is 0 Å². The smallest absolute Gasteiger partial charge is 0.322 e. The molecule has 1 aromatic heterocycles. The Morgan fingerprint density at radius 1 is 1.04 bits per heavy atom. The normalized spacial score (nSPS) is 10.4. The topological polar surface area (TPSA) is 73.3 Å². The van der Waals surface area contributed by atoms with Gasteiger partial charge in [0, 0.05) is 5.56 Å². The van der Waals surface area contributed by atoms with Crippen LogP contribution in [0.4, 0.5) is 10.1 Å². The summed E-state index contributed by atoms with van der Waals surface area (Å²) in [5, 5.41) is 2.81. The third-order valence-corrected chi connectivity index (χ3v) is 3.95. The molecule has 0 saturated carbocycles. The van der Waals surface area contributed by atoms with Gasteiger partial charge in [0.15, 0.2) is 11.6 Å². The number of carbonyl (C=O) groups excluding carboxylic acids is 1. The molecule has 0 aliphatic rings. The summed E-state index contributed by atoms with van der Waals surface area (Å²) in [4.78, 5) is 21.0. The van der Waals surface area contributed by atoms with E-state index in [4.69, 9.17) is 9.47 Å². The van der Waals surface area contributed by atoms with Crippen molar-refractivity contribution in [2.24, 2.45) is 0 Å². The van der Waals surface area contributed by atoms with Gasteiger partial charge in [0.05, 0.1) is 23.7 Å². The Bertz CT molecular complexity index is 967. The number of carbonyl (C=O) groups is 1. The first-order chi connectivity index (χ1) is 13.5. The van der Waals surface area contributed by atoms with Gasteiger partial charge in [0.2, 0.25) is 0 Å². The molecule has 144 valence electrons. The molecule has 0 unspecified atom stereocenters. The number of rotatable bonds is 6. The molecule has 1 amide bonds. The number of para-hydroxylation sites is 1. The Morgan fingerprint density at radius 2 is 1.68 bits per heavy atom. The number of ether oxygens (including phenoxy) is 2. The highest BCUT2D eigenvalue weighted by molar-refractivity contribution is 6.04. The van der Waals surface area contributed by atoms with E-state index in [2.05, 4.69) is 15.3 Å². The number of aromatic nitrogens is 2. The number of amides is 1. The monoisotopic (exact) mass is 381 g/mol. The van der Waals surface area contributed by atoms with Gasteiger partial charge in [0.25, 0.3) is 5.91 Å². The molecule has 2 aromatic carbocycles. The average Bonchev–Trinajstić information content (AvgIpc) is 2.67. The molecule has 3 aromatic rings. The number of aryl methyl sites for hydroxylation is 2. The maximum Gasteiger partial charge on any atom is 0.322 e. The summed E-state index contributed by atoms with van der Waals surface area (Å²) in [6, 6.07) is 12.9. The van der Waals surface area contributed by atoms with Crippen LogP contribution in [0.5, 0.6) is 17.5 Å². The zero-order valence-corrected chi connectivity index (χ0v) is 15.8. The highest BCUT2D eigenvalue weighted by Gasteiger charge is 2.15. The van der Waals surface area contributed by atoms with E-state index in [0.29, 0.717) is 35.0 Å². The van der Waals surface area contributed by atoms with Crippen LogP contribution in [-0.4, -0.2) is 22.5 Å². The molecule has 6 nitrogen and oxygen atoms in total. The van der Waals surface area contributed by atoms with Gasteiger partial charge in [0.1, 0.15) is 5.75 Å².